The van der Waals surface area contributed by atoms with Crippen LogP contribution in [0.2, 0.25) is 0 Å². The van der Waals surface area contributed by atoms with Crippen LogP contribution in [0.1, 0.15) is 18.1 Å². The van der Waals surface area contributed by atoms with Gasteiger partial charge < -0.3 is 20.6 Å². The topological polar surface area (TPSA) is 106 Å². The van der Waals surface area contributed by atoms with Crippen LogP contribution in [0, 0.1) is 0 Å². The summed E-state index contributed by atoms with van der Waals surface area (Å²) in [5.74, 6) is -0.0739. The van der Waals surface area contributed by atoms with E-state index < -0.39 is 5.63 Å². The van der Waals surface area contributed by atoms with Crippen LogP contribution in [0.4, 0.5) is 5.69 Å². The Morgan fingerprint density at radius 3 is 2.74 bits per heavy atom. The van der Waals surface area contributed by atoms with E-state index in [1.807, 2.05) is 37.3 Å². The SMILES string of the molecule is CCc1cc2c(CNc3ccccc3SCC(N)=O)cc(=O)oc2cc1O. The molecule has 0 saturated carbocycles. The number of carbonyl (C=O) groups is 1. The highest BCUT2D eigenvalue weighted by Gasteiger charge is 2.11. The first-order chi connectivity index (χ1) is 13.0. The zero-order chi connectivity index (χ0) is 19.4. The van der Waals surface area contributed by atoms with Crippen LogP contribution in [0.3, 0.4) is 0 Å². The molecule has 3 rings (SSSR count). The average molecular weight is 384 g/mol. The quantitative estimate of drug-likeness (QED) is 0.427. The fraction of sp³-hybridized carbons (Fsp3) is 0.200. The number of thioether (sulfide) groups is 1. The number of phenols is 1. The van der Waals surface area contributed by atoms with E-state index in [1.165, 1.54) is 23.9 Å². The maximum atomic E-state index is 11.9. The third-order valence-electron chi connectivity index (χ3n) is 4.14. The molecule has 7 heteroatoms. The van der Waals surface area contributed by atoms with E-state index in [-0.39, 0.29) is 17.4 Å². The zero-order valence-electron chi connectivity index (χ0n) is 14.8. The third kappa shape index (κ3) is 4.43. The van der Waals surface area contributed by atoms with Crippen molar-refractivity contribution in [2.75, 3.05) is 11.1 Å². The van der Waals surface area contributed by atoms with Gasteiger partial charge in [0.1, 0.15) is 11.3 Å². The third-order valence-corrected chi connectivity index (χ3v) is 5.23. The summed E-state index contributed by atoms with van der Waals surface area (Å²) in [5, 5.41) is 14.1. The average Bonchev–Trinajstić information content (AvgIpc) is 2.64. The van der Waals surface area contributed by atoms with E-state index in [1.54, 1.807) is 0 Å². The molecule has 0 spiro atoms. The Morgan fingerprint density at radius 2 is 2.00 bits per heavy atom. The Balaban J connectivity index is 1.91. The first-order valence-corrected chi connectivity index (χ1v) is 9.49. The summed E-state index contributed by atoms with van der Waals surface area (Å²) in [6, 6.07) is 12.4. The molecule has 0 unspecified atom stereocenters. The first-order valence-electron chi connectivity index (χ1n) is 8.50. The Kier molecular flexibility index (Phi) is 5.71. The summed E-state index contributed by atoms with van der Waals surface area (Å²) in [7, 11) is 0. The minimum absolute atomic E-state index is 0.117. The zero-order valence-corrected chi connectivity index (χ0v) is 15.6. The second-order valence-corrected chi connectivity index (χ2v) is 7.04. The summed E-state index contributed by atoms with van der Waals surface area (Å²) in [4.78, 5) is 23.8. The number of carbonyl (C=O) groups excluding carboxylic acids is 1. The number of hydrogen-bond acceptors (Lipinski definition) is 6. The molecule has 0 aliphatic carbocycles. The number of para-hydroxylation sites is 1. The van der Waals surface area contributed by atoms with E-state index in [4.69, 9.17) is 10.2 Å². The van der Waals surface area contributed by atoms with Gasteiger partial charge in [-0.15, -0.1) is 11.8 Å². The lowest BCUT2D eigenvalue weighted by Crippen LogP contribution is -2.13. The number of primary amides is 1. The van der Waals surface area contributed by atoms with Gasteiger partial charge in [0.15, 0.2) is 0 Å². The van der Waals surface area contributed by atoms with Crippen molar-refractivity contribution < 1.29 is 14.3 Å². The number of nitrogens with one attached hydrogen (secondary N) is 1. The lowest BCUT2D eigenvalue weighted by molar-refractivity contribution is -0.115. The van der Waals surface area contributed by atoms with Crippen molar-refractivity contribution in [3.63, 3.8) is 0 Å². The highest BCUT2D eigenvalue weighted by molar-refractivity contribution is 8.00. The molecule has 140 valence electrons. The van der Waals surface area contributed by atoms with Gasteiger partial charge in [0, 0.05) is 34.6 Å². The van der Waals surface area contributed by atoms with Crippen molar-refractivity contribution in [3.05, 3.63) is 64.0 Å². The number of fused-ring (bicyclic) bond motifs is 1. The smallest absolute Gasteiger partial charge is 0.336 e. The Bertz CT molecular complexity index is 1050. The number of nitrogens with two attached hydrogens (primary N) is 1. The van der Waals surface area contributed by atoms with Crippen LogP contribution in [0.25, 0.3) is 11.0 Å². The van der Waals surface area contributed by atoms with E-state index in [2.05, 4.69) is 5.32 Å². The number of rotatable bonds is 7. The molecular weight excluding hydrogens is 364 g/mol. The van der Waals surface area contributed by atoms with Crippen LogP contribution >= 0.6 is 11.8 Å². The number of aromatic hydroxyl groups is 1. The summed E-state index contributed by atoms with van der Waals surface area (Å²) >= 11 is 1.35. The molecule has 1 heterocycles. The number of phenolic OH excluding ortho intramolecular Hbond substituents is 1. The van der Waals surface area contributed by atoms with Gasteiger partial charge in [-0.1, -0.05) is 19.1 Å². The number of anilines is 1. The van der Waals surface area contributed by atoms with Crippen molar-refractivity contribution >= 4 is 34.3 Å². The fourth-order valence-electron chi connectivity index (χ4n) is 2.81. The lowest BCUT2D eigenvalue weighted by Gasteiger charge is -2.13. The highest BCUT2D eigenvalue weighted by Crippen LogP contribution is 2.29. The molecule has 0 aliphatic heterocycles. The largest absolute Gasteiger partial charge is 0.508 e. The number of hydrogen-bond donors (Lipinski definition) is 3. The molecule has 0 radical (unpaired) electrons. The first kappa shape index (κ1) is 18.8. The van der Waals surface area contributed by atoms with E-state index in [0.29, 0.717) is 18.5 Å². The van der Waals surface area contributed by atoms with Crippen molar-refractivity contribution in [3.8, 4) is 5.75 Å². The van der Waals surface area contributed by atoms with Crippen LogP contribution < -0.4 is 16.7 Å². The van der Waals surface area contributed by atoms with E-state index in [9.17, 15) is 14.7 Å². The Hall–Kier alpha value is -2.93. The van der Waals surface area contributed by atoms with Gasteiger partial charge in [0.2, 0.25) is 5.91 Å². The minimum atomic E-state index is -0.473. The number of aryl methyl sites for hydroxylation is 1. The molecule has 0 bridgehead atoms. The molecule has 2 aromatic carbocycles. The van der Waals surface area contributed by atoms with Crippen molar-refractivity contribution in [2.24, 2.45) is 5.73 Å². The standard InChI is InChI=1S/C20H20N2O4S/c1-2-12-7-14-13(8-20(25)26-17(14)9-16(12)23)10-22-15-5-3-4-6-18(15)27-11-19(21)24/h3-9,22-23H,2,10-11H2,1H3,(H2,21,24). The Labute approximate surface area is 160 Å². The second-order valence-electron chi connectivity index (χ2n) is 6.03. The molecule has 1 aromatic heterocycles. The summed E-state index contributed by atoms with van der Waals surface area (Å²) in [6.45, 7) is 2.34. The van der Waals surface area contributed by atoms with Crippen LogP contribution in [-0.2, 0) is 17.8 Å². The normalized spacial score (nSPS) is 10.9. The lowest BCUT2D eigenvalue weighted by atomic mass is 10.0. The molecular formula is C20H20N2O4S. The molecule has 0 fully saturated rings. The summed E-state index contributed by atoms with van der Waals surface area (Å²) in [5.41, 5.74) is 7.51. The molecule has 3 aromatic rings. The van der Waals surface area contributed by atoms with Gasteiger partial charge in [-0.05, 0) is 35.7 Å². The molecule has 1 amide bonds. The highest BCUT2D eigenvalue weighted by atomic mass is 32.2. The predicted molar refractivity (Wildman–Crippen MR) is 107 cm³/mol. The summed E-state index contributed by atoms with van der Waals surface area (Å²) < 4.78 is 5.22. The monoisotopic (exact) mass is 384 g/mol. The van der Waals surface area contributed by atoms with Crippen molar-refractivity contribution in [2.45, 2.75) is 24.8 Å². The molecule has 0 aliphatic rings. The molecule has 27 heavy (non-hydrogen) atoms. The molecule has 0 atom stereocenters. The maximum absolute atomic E-state index is 11.9. The predicted octanol–water partition coefficient (Wildman–Crippen LogP) is 3.25. The van der Waals surface area contributed by atoms with Crippen molar-refractivity contribution in [1.29, 1.82) is 0 Å². The van der Waals surface area contributed by atoms with Crippen molar-refractivity contribution in [1.82, 2.24) is 0 Å². The van der Waals surface area contributed by atoms with Gasteiger partial charge in [-0.2, -0.15) is 0 Å². The summed E-state index contributed by atoms with van der Waals surface area (Å²) in [6.07, 6.45) is 0.667. The van der Waals surface area contributed by atoms with Gasteiger partial charge in [-0.3, -0.25) is 4.79 Å². The van der Waals surface area contributed by atoms with E-state index in [0.717, 1.165) is 27.1 Å². The van der Waals surface area contributed by atoms with Gasteiger partial charge >= 0.3 is 5.63 Å². The second kappa shape index (κ2) is 8.18. The number of benzene rings is 2. The molecule has 0 saturated heterocycles. The van der Waals surface area contributed by atoms with Crippen LogP contribution in [-0.4, -0.2) is 16.8 Å². The Morgan fingerprint density at radius 1 is 1.22 bits per heavy atom. The minimum Gasteiger partial charge on any atom is -0.508 e. The maximum Gasteiger partial charge on any atom is 0.336 e. The van der Waals surface area contributed by atoms with Gasteiger partial charge in [-0.25, -0.2) is 4.79 Å². The molecule has 6 nitrogen and oxygen atoms in total. The fourth-order valence-corrected chi connectivity index (χ4v) is 3.58. The van der Waals surface area contributed by atoms with Crippen LogP contribution in [0.15, 0.2) is 56.6 Å². The van der Waals surface area contributed by atoms with Crippen LogP contribution in [0.5, 0.6) is 5.75 Å². The van der Waals surface area contributed by atoms with E-state index >= 15 is 0 Å². The molecule has 4 N–H and O–H groups in total. The van der Waals surface area contributed by atoms with Gasteiger partial charge in [0.05, 0.1) is 5.75 Å². The van der Waals surface area contributed by atoms with Gasteiger partial charge in [0.25, 0.3) is 0 Å². The number of amides is 1.